The Morgan fingerprint density at radius 2 is 2.14 bits per heavy atom. The fourth-order valence-corrected chi connectivity index (χ4v) is 1.58. The number of carboxylic acid groups (broad SMARTS) is 1. The molecule has 0 fully saturated rings. The lowest BCUT2D eigenvalue weighted by molar-refractivity contribution is -0.131. The fourth-order valence-electron chi connectivity index (χ4n) is 1.58. The molecule has 0 bridgehead atoms. The van der Waals surface area contributed by atoms with Crippen molar-refractivity contribution < 1.29 is 24.2 Å². The van der Waals surface area contributed by atoms with E-state index < -0.39 is 5.97 Å². The van der Waals surface area contributed by atoms with E-state index in [1.807, 2.05) is 13.0 Å². The number of amides is 1. The van der Waals surface area contributed by atoms with Crippen molar-refractivity contribution in [1.29, 1.82) is 0 Å². The second-order valence-electron chi connectivity index (χ2n) is 4.34. The molecule has 0 atom stereocenters. The van der Waals surface area contributed by atoms with Crippen LogP contribution in [0.3, 0.4) is 0 Å². The first-order valence-electron chi connectivity index (χ1n) is 6.43. The highest BCUT2D eigenvalue weighted by Crippen LogP contribution is 2.21. The summed E-state index contributed by atoms with van der Waals surface area (Å²) in [5, 5.41) is 11.3. The van der Waals surface area contributed by atoms with E-state index in [1.165, 1.54) is 6.08 Å². The van der Waals surface area contributed by atoms with Gasteiger partial charge in [0.2, 0.25) is 0 Å². The summed E-state index contributed by atoms with van der Waals surface area (Å²) in [6.45, 7) is 2.60. The SMILES string of the molecule is COCCNC(=O)COc1ccc(C)cc1C=CC(=O)O. The zero-order valence-electron chi connectivity index (χ0n) is 12.1. The molecule has 0 aliphatic carbocycles. The van der Waals surface area contributed by atoms with E-state index in [9.17, 15) is 9.59 Å². The van der Waals surface area contributed by atoms with Gasteiger partial charge >= 0.3 is 5.97 Å². The molecule has 21 heavy (non-hydrogen) atoms. The number of carbonyl (C=O) groups is 2. The summed E-state index contributed by atoms with van der Waals surface area (Å²) in [6.07, 6.45) is 2.47. The normalized spacial score (nSPS) is 10.6. The summed E-state index contributed by atoms with van der Waals surface area (Å²) < 4.78 is 10.2. The molecule has 0 aromatic heterocycles. The van der Waals surface area contributed by atoms with Crippen molar-refractivity contribution in [3.63, 3.8) is 0 Å². The van der Waals surface area contributed by atoms with Crippen LogP contribution in [-0.2, 0) is 14.3 Å². The van der Waals surface area contributed by atoms with Crippen molar-refractivity contribution >= 4 is 18.0 Å². The first kappa shape index (κ1) is 16.7. The smallest absolute Gasteiger partial charge is 0.328 e. The van der Waals surface area contributed by atoms with Crippen LogP contribution in [0.25, 0.3) is 6.08 Å². The van der Waals surface area contributed by atoms with Crippen LogP contribution in [0.2, 0.25) is 0 Å². The van der Waals surface area contributed by atoms with Gasteiger partial charge in [-0.15, -0.1) is 0 Å². The topological polar surface area (TPSA) is 84.9 Å². The summed E-state index contributed by atoms with van der Waals surface area (Å²) in [7, 11) is 1.55. The number of nitrogens with one attached hydrogen (secondary N) is 1. The number of rotatable bonds is 8. The van der Waals surface area contributed by atoms with Crippen LogP contribution in [0.15, 0.2) is 24.3 Å². The van der Waals surface area contributed by atoms with E-state index in [1.54, 1.807) is 19.2 Å². The number of ether oxygens (including phenoxy) is 2. The maximum atomic E-state index is 11.5. The first-order chi connectivity index (χ1) is 10.0. The molecule has 0 spiro atoms. The molecule has 1 amide bonds. The molecule has 0 saturated heterocycles. The number of aliphatic carboxylic acids is 1. The van der Waals surface area contributed by atoms with Crippen LogP contribution >= 0.6 is 0 Å². The Hall–Kier alpha value is -2.34. The number of aryl methyl sites for hydroxylation is 1. The Morgan fingerprint density at radius 3 is 2.81 bits per heavy atom. The fraction of sp³-hybridized carbons (Fsp3) is 0.333. The van der Waals surface area contributed by atoms with Gasteiger partial charge in [0.05, 0.1) is 6.61 Å². The predicted molar refractivity (Wildman–Crippen MR) is 78.2 cm³/mol. The van der Waals surface area contributed by atoms with Gasteiger partial charge in [-0.3, -0.25) is 4.79 Å². The number of carboxylic acids is 1. The molecule has 0 unspecified atom stereocenters. The Labute approximate surface area is 123 Å². The van der Waals surface area contributed by atoms with E-state index in [-0.39, 0.29) is 12.5 Å². The van der Waals surface area contributed by atoms with Gasteiger partial charge in [-0.1, -0.05) is 11.6 Å². The molecule has 114 valence electrons. The van der Waals surface area contributed by atoms with Crippen LogP contribution in [0.5, 0.6) is 5.75 Å². The molecule has 0 saturated carbocycles. The molecule has 0 aliphatic rings. The molecule has 0 heterocycles. The summed E-state index contributed by atoms with van der Waals surface area (Å²) >= 11 is 0. The van der Waals surface area contributed by atoms with Gasteiger partial charge in [0.25, 0.3) is 5.91 Å². The molecule has 6 nitrogen and oxygen atoms in total. The largest absolute Gasteiger partial charge is 0.483 e. The molecular formula is C15H19NO5. The quantitative estimate of drug-likeness (QED) is 0.556. The minimum atomic E-state index is -1.04. The van der Waals surface area contributed by atoms with Gasteiger partial charge < -0.3 is 19.9 Å². The van der Waals surface area contributed by atoms with Gasteiger partial charge in [-0.25, -0.2) is 4.79 Å². The van der Waals surface area contributed by atoms with E-state index >= 15 is 0 Å². The zero-order valence-corrected chi connectivity index (χ0v) is 12.1. The maximum Gasteiger partial charge on any atom is 0.328 e. The van der Waals surface area contributed by atoms with Crippen molar-refractivity contribution in [3.8, 4) is 5.75 Å². The zero-order chi connectivity index (χ0) is 15.7. The standard InChI is InChI=1S/C15H19NO5/c1-11-3-5-13(12(9-11)4-6-15(18)19)21-10-14(17)16-7-8-20-2/h3-6,9H,7-8,10H2,1-2H3,(H,16,17)(H,18,19). The maximum absolute atomic E-state index is 11.5. The molecule has 2 N–H and O–H groups in total. The van der Waals surface area contributed by atoms with Crippen molar-refractivity contribution in [1.82, 2.24) is 5.32 Å². The monoisotopic (exact) mass is 293 g/mol. The van der Waals surface area contributed by atoms with Crippen LogP contribution in [0, 0.1) is 6.92 Å². The lowest BCUT2D eigenvalue weighted by atomic mass is 10.1. The summed E-state index contributed by atoms with van der Waals surface area (Å²) in [4.78, 5) is 22.1. The highest BCUT2D eigenvalue weighted by Gasteiger charge is 2.06. The van der Waals surface area contributed by atoms with Crippen molar-refractivity contribution in [3.05, 3.63) is 35.4 Å². The van der Waals surface area contributed by atoms with Gasteiger partial charge in [0, 0.05) is 25.3 Å². The number of methoxy groups -OCH3 is 1. The third-order valence-corrected chi connectivity index (χ3v) is 2.56. The summed E-state index contributed by atoms with van der Waals surface area (Å²) in [6, 6.07) is 5.33. The van der Waals surface area contributed by atoms with Crippen molar-refractivity contribution in [2.75, 3.05) is 26.9 Å². The highest BCUT2D eigenvalue weighted by atomic mass is 16.5. The Balaban J connectivity index is 2.65. The van der Waals surface area contributed by atoms with E-state index in [0.29, 0.717) is 24.5 Å². The number of hydrogen-bond acceptors (Lipinski definition) is 4. The van der Waals surface area contributed by atoms with E-state index in [0.717, 1.165) is 11.6 Å². The molecule has 6 heteroatoms. The minimum absolute atomic E-state index is 0.138. The Bertz CT molecular complexity index is 525. The lowest BCUT2D eigenvalue weighted by Crippen LogP contribution is -2.31. The average molecular weight is 293 g/mol. The third-order valence-electron chi connectivity index (χ3n) is 2.56. The summed E-state index contributed by atoms with van der Waals surface area (Å²) in [5.41, 5.74) is 1.58. The third kappa shape index (κ3) is 6.58. The number of benzene rings is 1. The predicted octanol–water partition coefficient (Wildman–Crippen LogP) is 1.23. The summed E-state index contributed by atoms with van der Waals surface area (Å²) in [5.74, 6) is -0.847. The van der Waals surface area contributed by atoms with E-state index in [4.69, 9.17) is 14.6 Å². The van der Waals surface area contributed by atoms with Gasteiger partial charge in [-0.05, 0) is 25.1 Å². The van der Waals surface area contributed by atoms with Crippen LogP contribution in [0.1, 0.15) is 11.1 Å². The number of carbonyl (C=O) groups excluding carboxylic acids is 1. The Kier molecular flexibility index (Phi) is 6.97. The van der Waals surface area contributed by atoms with Crippen molar-refractivity contribution in [2.45, 2.75) is 6.92 Å². The Morgan fingerprint density at radius 1 is 1.38 bits per heavy atom. The van der Waals surface area contributed by atoms with E-state index in [2.05, 4.69) is 5.32 Å². The van der Waals surface area contributed by atoms with Crippen LogP contribution in [0.4, 0.5) is 0 Å². The van der Waals surface area contributed by atoms with Crippen LogP contribution < -0.4 is 10.1 Å². The second kappa shape index (κ2) is 8.76. The van der Waals surface area contributed by atoms with Crippen LogP contribution in [-0.4, -0.2) is 43.9 Å². The second-order valence-corrected chi connectivity index (χ2v) is 4.34. The van der Waals surface area contributed by atoms with Crippen molar-refractivity contribution in [2.24, 2.45) is 0 Å². The van der Waals surface area contributed by atoms with Gasteiger partial charge in [0.1, 0.15) is 5.75 Å². The molecule has 1 aromatic carbocycles. The highest BCUT2D eigenvalue weighted by molar-refractivity contribution is 5.86. The molecule has 0 aliphatic heterocycles. The van der Waals surface area contributed by atoms with Gasteiger partial charge in [0.15, 0.2) is 6.61 Å². The molecule has 1 aromatic rings. The van der Waals surface area contributed by atoms with Gasteiger partial charge in [-0.2, -0.15) is 0 Å². The molecular weight excluding hydrogens is 274 g/mol. The number of hydrogen-bond donors (Lipinski definition) is 2. The molecule has 0 radical (unpaired) electrons. The minimum Gasteiger partial charge on any atom is -0.483 e. The average Bonchev–Trinajstić information content (AvgIpc) is 2.44. The lowest BCUT2D eigenvalue weighted by Gasteiger charge is -2.10. The first-order valence-corrected chi connectivity index (χ1v) is 6.43. The molecule has 1 rings (SSSR count).